The van der Waals surface area contributed by atoms with Gasteiger partial charge in [-0.05, 0) is 19.9 Å². The van der Waals surface area contributed by atoms with Crippen molar-refractivity contribution in [1.82, 2.24) is 4.90 Å². The van der Waals surface area contributed by atoms with Crippen LogP contribution in [0.2, 0.25) is 0 Å². The van der Waals surface area contributed by atoms with E-state index in [1.165, 1.54) is 5.70 Å². The molecule has 2 aliphatic rings. The van der Waals surface area contributed by atoms with Crippen LogP contribution >= 0.6 is 0 Å². The second-order valence-electron chi connectivity index (χ2n) is 3.69. The molecule has 0 N–H and O–H groups in total. The molecule has 2 heterocycles. The van der Waals surface area contributed by atoms with Gasteiger partial charge in [0, 0.05) is 23.1 Å². The average molecular weight is 133 g/mol. The van der Waals surface area contributed by atoms with Gasteiger partial charge >= 0.3 is 0 Å². The molecule has 1 saturated heterocycles. The molecule has 0 aromatic rings. The van der Waals surface area contributed by atoms with Crippen LogP contribution in [0.3, 0.4) is 0 Å². The molecule has 1 fully saturated rings. The summed E-state index contributed by atoms with van der Waals surface area (Å²) in [6.07, 6.45) is 2.16. The highest BCUT2D eigenvalue weighted by molar-refractivity contribution is 6.17. The smallest absolute Gasteiger partial charge is 0.109 e. The van der Waals surface area contributed by atoms with Crippen molar-refractivity contribution in [1.29, 1.82) is 0 Å². The van der Waals surface area contributed by atoms with Crippen LogP contribution in [0.25, 0.3) is 0 Å². The van der Waals surface area contributed by atoms with Crippen LogP contribution < -0.4 is 0 Å². The van der Waals surface area contributed by atoms with E-state index >= 15 is 0 Å². The molecular formula is C8H12BN. The summed E-state index contributed by atoms with van der Waals surface area (Å²) in [6, 6.07) is 0.648. The van der Waals surface area contributed by atoms with Crippen molar-refractivity contribution >= 4 is 7.85 Å². The average Bonchev–Trinajstić information content (AvgIpc) is 1.83. The Hall–Kier alpha value is -0.395. The first-order chi connectivity index (χ1) is 4.54. The van der Waals surface area contributed by atoms with Gasteiger partial charge in [-0.15, -0.1) is 0 Å². The molecule has 0 amide bonds. The molecule has 0 aliphatic carbocycles. The monoisotopic (exact) mass is 133 g/mol. The predicted molar refractivity (Wildman–Crippen MR) is 42.7 cm³/mol. The summed E-state index contributed by atoms with van der Waals surface area (Å²) in [5, 5.41) is 0. The van der Waals surface area contributed by atoms with Crippen molar-refractivity contribution in [3.05, 3.63) is 11.8 Å². The highest BCUT2D eigenvalue weighted by Gasteiger charge is 2.50. The maximum Gasteiger partial charge on any atom is 0.109 e. The summed E-state index contributed by atoms with van der Waals surface area (Å²) in [6.45, 7) is 6.54. The first-order valence-electron chi connectivity index (χ1n) is 3.85. The van der Waals surface area contributed by atoms with Crippen molar-refractivity contribution in [2.45, 2.75) is 32.3 Å². The van der Waals surface area contributed by atoms with Crippen LogP contribution in [-0.4, -0.2) is 24.2 Å². The predicted octanol–water partition coefficient (Wildman–Crippen LogP) is 1.11. The van der Waals surface area contributed by atoms with Crippen molar-refractivity contribution < 1.29 is 0 Å². The Morgan fingerprint density at radius 3 is 2.50 bits per heavy atom. The second kappa shape index (κ2) is 1.44. The van der Waals surface area contributed by atoms with Crippen molar-refractivity contribution in [2.24, 2.45) is 5.92 Å². The first-order valence-corrected chi connectivity index (χ1v) is 3.85. The van der Waals surface area contributed by atoms with Gasteiger partial charge in [-0.25, -0.2) is 0 Å². The van der Waals surface area contributed by atoms with Gasteiger partial charge in [0.25, 0.3) is 0 Å². The Bertz CT molecular complexity index is 207. The Morgan fingerprint density at radius 2 is 2.20 bits per heavy atom. The van der Waals surface area contributed by atoms with Crippen LogP contribution in [0.1, 0.15) is 20.8 Å². The number of hydrogen-bond acceptors (Lipinski definition) is 1. The number of rotatable bonds is 0. The third kappa shape index (κ3) is 0.469. The normalized spacial score (nSPS) is 50.7. The fourth-order valence-electron chi connectivity index (χ4n) is 2.06. The topological polar surface area (TPSA) is 3.24 Å². The molecule has 10 heavy (non-hydrogen) atoms. The van der Waals surface area contributed by atoms with E-state index < -0.39 is 0 Å². The highest BCUT2D eigenvalue weighted by atomic mass is 15.3. The van der Waals surface area contributed by atoms with Gasteiger partial charge in [0.1, 0.15) is 7.85 Å². The van der Waals surface area contributed by atoms with Gasteiger partial charge in [-0.2, -0.15) is 0 Å². The third-order valence-corrected chi connectivity index (χ3v) is 2.83. The molecular weight excluding hydrogens is 121 g/mol. The van der Waals surface area contributed by atoms with Crippen LogP contribution in [0.4, 0.5) is 0 Å². The Balaban J connectivity index is 2.26. The SMILES string of the molecule is [B]C1(C)C=C2C(C)C(C)N21. The molecule has 0 saturated carbocycles. The van der Waals surface area contributed by atoms with E-state index in [-0.39, 0.29) is 5.44 Å². The van der Waals surface area contributed by atoms with Gasteiger partial charge in [-0.1, -0.05) is 6.92 Å². The van der Waals surface area contributed by atoms with Crippen LogP contribution in [0.15, 0.2) is 11.8 Å². The fraction of sp³-hybridized carbons (Fsp3) is 0.750. The van der Waals surface area contributed by atoms with E-state index in [1.807, 2.05) is 0 Å². The minimum Gasteiger partial charge on any atom is -0.371 e. The molecule has 3 unspecified atom stereocenters. The van der Waals surface area contributed by atoms with E-state index in [1.54, 1.807) is 0 Å². The summed E-state index contributed by atoms with van der Waals surface area (Å²) in [7, 11) is 5.91. The minimum atomic E-state index is -0.138. The number of fused-ring (bicyclic) bond motifs is 1. The summed E-state index contributed by atoms with van der Waals surface area (Å²) in [5.41, 5.74) is 1.30. The molecule has 2 aliphatic heterocycles. The Kier molecular flexibility index (Phi) is 0.909. The largest absolute Gasteiger partial charge is 0.371 e. The lowest BCUT2D eigenvalue weighted by atomic mass is 9.63. The molecule has 0 spiro atoms. The second-order valence-corrected chi connectivity index (χ2v) is 3.69. The number of nitrogens with zero attached hydrogens (tertiary/aromatic N) is 1. The summed E-state index contributed by atoms with van der Waals surface area (Å²) in [5.74, 6) is 0.733. The molecule has 2 radical (unpaired) electrons. The van der Waals surface area contributed by atoms with Crippen molar-refractivity contribution in [3.8, 4) is 0 Å². The maximum absolute atomic E-state index is 5.91. The van der Waals surface area contributed by atoms with E-state index in [0.29, 0.717) is 6.04 Å². The van der Waals surface area contributed by atoms with E-state index in [2.05, 4.69) is 31.7 Å². The van der Waals surface area contributed by atoms with Crippen molar-refractivity contribution in [3.63, 3.8) is 0 Å². The van der Waals surface area contributed by atoms with Gasteiger partial charge in [0.2, 0.25) is 0 Å². The fourth-order valence-corrected chi connectivity index (χ4v) is 2.06. The zero-order valence-electron chi connectivity index (χ0n) is 6.76. The number of hydrogen-bond donors (Lipinski definition) is 0. The molecule has 3 atom stereocenters. The van der Waals surface area contributed by atoms with Gasteiger partial charge in [0.15, 0.2) is 0 Å². The maximum atomic E-state index is 5.91. The van der Waals surface area contributed by atoms with Crippen molar-refractivity contribution in [2.75, 3.05) is 0 Å². The minimum absolute atomic E-state index is 0.138. The van der Waals surface area contributed by atoms with E-state index in [4.69, 9.17) is 7.85 Å². The van der Waals surface area contributed by atoms with Gasteiger partial charge in [0.05, 0.1) is 0 Å². The van der Waals surface area contributed by atoms with Crippen LogP contribution in [0.5, 0.6) is 0 Å². The summed E-state index contributed by atoms with van der Waals surface area (Å²) < 4.78 is 0. The summed E-state index contributed by atoms with van der Waals surface area (Å²) >= 11 is 0. The first kappa shape index (κ1) is 6.32. The van der Waals surface area contributed by atoms with Gasteiger partial charge < -0.3 is 4.90 Å². The van der Waals surface area contributed by atoms with Gasteiger partial charge in [-0.3, -0.25) is 0 Å². The molecule has 0 bridgehead atoms. The molecule has 1 nitrogen and oxygen atoms in total. The molecule has 0 aromatic heterocycles. The standard InChI is InChI=1S/C8H12BN/c1-5-6(2)10-7(5)4-8(10,3)9/h4-6H,1-3H3. The van der Waals surface area contributed by atoms with Crippen LogP contribution in [-0.2, 0) is 0 Å². The quantitative estimate of drug-likeness (QED) is 0.447. The molecule has 2 rings (SSSR count). The lowest BCUT2D eigenvalue weighted by Crippen LogP contribution is -2.67. The zero-order chi connectivity index (χ0) is 7.52. The molecule has 0 aromatic carbocycles. The third-order valence-electron chi connectivity index (χ3n) is 2.83. The Labute approximate surface area is 63.5 Å². The van der Waals surface area contributed by atoms with E-state index in [0.717, 1.165) is 5.92 Å². The molecule has 52 valence electrons. The van der Waals surface area contributed by atoms with Crippen LogP contribution in [0, 0.1) is 5.92 Å². The molecule has 2 heteroatoms. The summed E-state index contributed by atoms with van der Waals surface area (Å²) in [4.78, 5) is 2.29. The zero-order valence-corrected chi connectivity index (χ0v) is 6.76. The lowest BCUT2D eigenvalue weighted by Gasteiger charge is -2.64. The van der Waals surface area contributed by atoms with E-state index in [9.17, 15) is 0 Å². The Morgan fingerprint density at radius 1 is 1.60 bits per heavy atom. The lowest BCUT2D eigenvalue weighted by molar-refractivity contribution is 0.0267. The highest BCUT2D eigenvalue weighted by Crippen LogP contribution is 2.48.